The Bertz CT molecular complexity index is 474. The third-order valence-corrected chi connectivity index (χ3v) is 6.14. The highest BCUT2D eigenvalue weighted by Gasteiger charge is 2.24. The molecule has 0 amide bonds. The molecule has 1 N–H and O–H groups in total. The van der Waals surface area contributed by atoms with Gasteiger partial charge in [-0.25, -0.2) is 0 Å². The number of piperidine rings is 1. The summed E-state index contributed by atoms with van der Waals surface area (Å²) in [7, 11) is 1.79. The Hall–Kier alpha value is -0.550. The van der Waals surface area contributed by atoms with Crippen LogP contribution in [0.5, 0.6) is 0 Å². The number of thioether (sulfide) groups is 1. The molecule has 0 unspecified atom stereocenters. The quantitative estimate of drug-likeness (QED) is 0.808. The molecular weight excluding hydrogens is 304 g/mol. The molecule has 23 heavy (non-hydrogen) atoms. The van der Waals surface area contributed by atoms with Gasteiger partial charge in [-0.3, -0.25) is 0 Å². The van der Waals surface area contributed by atoms with Crippen LogP contribution in [0.3, 0.4) is 0 Å². The van der Waals surface area contributed by atoms with Crippen LogP contribution in [0, 0.1) is 0 Å². The van der Waals surface area contributed by atoms with Crippen molar-refractivity contribution >= 4 is 11.8 Å². The van der Waals surface area contributed by atoms with E-state index in [2.05, 4.69) is 46.2 Å². The van der Waals surface area contributed by atoms with Crippen LogP contribution in [0.15, 0.2) is 24.3 Å². The molecule has 2 aliphatic heterocycles. The van der Waals surface area contributed by atoms with Crippen LogP contribution in [0.4, 0.5) is 0 Å². The number of nitrogens with zero attached hydrogens (tertiary/aromatic N) is 1. The molecule has 0 spiro atoms. The van der Waals surface area contributed by atoms with Gasteiger partial charge in [0.2, 0.25) is 0 Å². The maximum Gasteiger partial charge on any atom is 0.0474 e. The highest BCUT2D eigenvalue weighted by Crippen LogP contribution is 2.28. The Morgan fingerprint density at radius 2 is 2.09 bits per heavy atom. The van der Waals surface area contributed by atoms with Crippen LogP contribution in [0.1, 0.15) is 36.4 Å². The molecule has 2 heterocycles. The van der Waals surface area contributed by atoms with E-state index in [1.54, 1.807) is 18.2 Å². The van der Waals surface area contributed by atoms with Crippen molar-refractivity contribution in [2.75, 3.05) is 44.9 Å². The summed E-state index contributed by atoms with van der Waals surface area (Å²) in [6, 6.07) is 10.2. The van der Waals surface area contributed by atoms with Crippen molar-refractivity contribution in [3.8, 4) is 0 Å². The zero-order chi connectivity index (χ0) is 15.9. The zero-order valence-electron chi connectivity index (χ0n) is 14.3. The van der Waals surface area contributed by atoms with Gasteiger partial charge < -0.3 is 15.0 Å². The number of likely N-dealkylation sites (tertiary alicyclic amines) is 1. The molecule has 1 aromatic rings. The number of methoxy groups -OCH3 is 1. The molecule has 1 fully saturated rings. The predicted octanol–water partition coefficient (Wildman–Crippen LogP) is 3.11. The summed E-state index contributed by atoms with van der Waals surface area (Å²) in [6.45, 7) is 4.52. The molecule has 0 radical (unpaired) electrons. The summed E-state index contributed by atoms with van der Waals surface area (Å²) in [5.41, 5.74) is 3.09. The molecule has 0 aromatic heterocycles. The maximum absolute atomic E-state index is 5.16. The Labute approximate surface area is 145 Å². The highest BCUT2D eigenvalue weighted by atomic mass is 32.2. The molecule has 128 valence electrons. The third kappa shape index (κ3) is 4.96. The van der Waals surface area contributed by atoms with Gasteiger partial charge in [0.25, 0.3) is 0 Å². The summed E-state index contributed by atoms with van der Waals surface area (Å²) in [4.78, 5) is 2.59. The molecule has 1 atom stereocenters. The van der Waals surface area contributed by atoms with Crippen molar-refractivity contribution in [2.45, 2.75) is 37.8 Å². The van der Waals surface area contributed by atoms with Crippen LogP contribution in [0.25, 0.3) is 0 Å². The van der Waals surface area contributed by atoms with Crippen LogP contribution >= 0.6 is 11.8 Å². The van der Waals surface area contributed by atoms with Gasteiger partial charge in [0, 0.05) is 38.1 Å². The van der Waals surface area contributed by atoms with Gasteiger partial charge in [-0.1, -0.05) is 24.3 Å². The summed E-state index contributed by atoms with van der Waals surface area (Å²) < 4.78 is 5.16. The van der Waals surface area contributed by atoms with Crippen LogP contribution in [-0.4, -0.2) is 55.8 Å². The van der Waals surface area contributed by atoms with Crippen LogP contribution in [0.2, 0.25) is 0 Å². The minimum Gasteiger partial charge on any atom is -0.385 e. The number of ether oxygens (including phenoxy) is 1. The molecular formula is C19H30N2OS. The van der Waals surface area contributed by atoms with Gasteiger partial charge in [-0.2, -0.15) is 11.8 Å². The first-order valence-electron chi connectivity index (χ1n) is 8.99. The molecule has 2 aliphatic rings. The fourth-order valence-corrected chi connectivity index (χ4v) is 4.80. The lowest BCUT2D eigenvalue weighted by Gasteiger charge is -2.34. The molecule has 4 heteroatoms. The summed E-state index contributed by atoms with van der Waals surface area (Å²) in [5.74, 6) is 2.47. The second kappa shape index (κ2) is 9.07. The second-order valence-corrected chi connectivity index (χ2v) is 7.86. The maximum atomic E-state index is 5.16. The first-order valence-corrected chi connectivity index (χ1v) is 10.1. The Morgan fingerprint density at radius 1 is 1.26 bits per heavy atom. The lowest BCUT2D eigenvalue weighted by molar-refractivity contribution is 0.151. The van der Waals surface area contributed by atoms with Crippen LogP contribution < -0.4 is 5.32 Å². The van der Waals surface area contributed by atoms with Gasteiger partial charge in [0.05, 0.1) is 0 Å². The Kier molecular flexibility index (Phi) is 6.81. The lowest BCUT2D eigenvalue weighted by Crippen LogP contribution is -2.44. The Morgan fingerprint density at radius 3 is 2.91 bits per heavy atom. The minimum atomic E-state index is 0.531. The van der Waals surface area contributed by atoms with Crippen molar-refractivity contribution in [3.05, 3.63) is 35.4 Å². The average molecular weight is 335 g/mol. The molecule has 0 bridgehead atoms. The SMILES string of the molecule is COCCCN1CCC(N[C@H]2CSCCc3ccccc32)CC1. The van der Waals surface area contributed by atoms with Crippen LogP contribution in [-0.2, 0) is 11.2 Å². The smallest absolute Gasteiger partial charge is 0.0474 e. The minimum absolute atomic E-state index is 0.531. The fourth-order valence-electron chi connectivity index (χ4n) is 3.75. The molecule has 1 saturated heterocycles. The van der Waals surface area contributed by atoms with E-state index in [0.29, 0.717) is 12.1 Å². The fraction of sp³-hybridized carbons (Fsp3) is 0.684. The molecule has 0 saturated carbocycles. The predicted molar refractivity (Wildman–Crippen MR) is 99.3 cm³/mol. The number of fused-ring (bicyclic) bond motifs is 1. The van der Waals surface area contributed by atoms with Gasteiger partial charge in [0.15, 0.2) is 0 Å². The average Bonchev–Trinajstić information content (AvgIpc) is 2.79. The van der Waals surface area contributed by atoms with Gasteiger partial charge in [-0.15, -0.1) is 0 Å². The van der Waals surface area contributed by atoms with Crippen molar-refractivity contribution in [1.82, 2.24) is 10.2 Å². The highest BCUT2D eigenvalue weighted by molar-refractivity contribution is 7.99. The Balaban J connectivity index is 1.51. The topological polar surface area (TPSA) is 24.5 Å². The monoisotopic (exact) mass is 334 g/mol. The van der Waals surface area contributed by atoms with E-state index in [0.717, 1.165) is 13.0 Å². The number of hydrogen-bond donors (Lipinski definition) is 1. The summed E-state index contributed by atoms with van der Waals surface area (Å²) >= 11 is 2.10. The summed E-state index contributed by atoms with van der Waals surface area (Å²) in [6.07, 6.45) is 4.92. The molecule has 0 aliphatic carbocycles. The first-order chi connectivity index (χ1) is 11.4. The molecule has 1 aromatic carbocycles. The molecule has 3 nitrogen and oxygen atoms in total. The van der Waals surface area contributed by atoms with E-state index < -0.39 is 0 Å². The summed E-state index contributed by atoms with van der Waals surface area (Å²) in [5, 5.41) is 3.97. The first kappa shape index (κ1) is 17.3. The number of hydrogen-bond acceptors (Lipinski definition) is 4. The van der Waals surface area contributed by atoms with E-state index >= 15 is 0 Å². The third-order valence-electron chi connectivity index (χ3n) is 5.08. The van der Waals surface area contributed by atoms with Crippen molar-refractivity contribution in [1.29, 1.82) is 0 Å². The van der Waals surface area contributed by atoms with Gasteiger partial charge in [-0.05, 0) is 55.7 Å². The number of benzene rings is 1. The second-order valence-electron chi connectivity index (χ2n) is 6.71. The van der Waals surface area contributed by atoms with E-state index in [4.69, 9.17) is 4.74 Å². The van der Waals surface area contributed by atoms with Crippen molar-refractivity contribution in [2.24, 2.45) is 0 Å². The lowest BCUT2D eigenvalue weighted by atomic mass is 9.97. The normalized spacial score (nSPS) is 23.4. The zero-order valence-corrected chi connectivity index (χ0v) is 15.1. The van der Waals surface area contributed by atoms with Crippen molar-refractivity contribution < 1.29 is 4.74 Å². The molecule has 3 rings (SSSR count). The number of nitrogens with one attached hydrogen (secondary N) is 1. The van der Waals surface area contributed by atoms with E-state index in [-0.39, 0.29) is 0 Å². The largest absolute Gasteiger partial charge is 0.385 e. The number of aryl methyl sites for hydroxylation is 1. The van der Waals surface area contributed by atoms with E-state index in [9.17, 15) is 0 Å². The van der Waals surface area contributed by atoms with E-state index in [1.807, 2.05) is 0 Å². The van der Waals surface area contributed by atoms with Crippen molar-refractivity contribution in [3.63, 3.8) is 0 Å². The van der Waals surface area contributed by atoms with Gasteiger partial charge in [0.1, 0.15) is 0 Å². The van der Waals surface area contributed by atoms with E-state index in [1.165, 1.54) is 50.4 Å². The van der Waals surface area contributed by atoms with Gasteiger partial charge >= 0.3 is 0 Å². The number of rotatable bonds is 6. The standard InChI is InChI=1S/C19H30N2OS/c1-22-13-4-10-21-11-7-17(8-12-21)20-19-15-23-14-9-16-5-2-3-6-18(16)19/h2-3,5-6,17,19-20H,4,7-15H2,1H3/t19-/m0/s1.